The summed E-state index contributed by atoms with van der Waals surface area (Å²) in [5.74, 6) is 12.5. The third-order valence-corrected chi connectivity index (χ3v) is 4.49. The van der Waals surface area contributed by atoms with Crippen molar-refractivity contribution in [3.05, 3.63) is 95.1 Å². The maximum Gasteiger partial charge on any atom is 0.0340 e. The molecule has 0 saturated carbocycles. The summed E-state index contributed by atoms with van der Waals surface area (Å²) in [5, 5.41) is 0. The first-order chi connectivity index (χ1) is 13.3. The average Bonchev–Trinajstić information content (AvgIpc) is 2.73. The summed E-state index contributed by atoms with van der Waals surface area (Å²) in [6.45, 7) is 4.08. The Morgan fingerprint density at radius 2 is 1.11 bits per heavy atom. The number of hydrogen-bond acceptors (Lipinski definition) is 0. The van der Waals surface area contributed by atoms with Crippen molar-refractivity contribution in [3.8, 4) is 34.8 Å². The van der Waals surface area contributed by atoms with Crippen LogP contribution in [0.5, 0.6) is 0 Å². The molecule has 3 rings (SSSR count). The van der Waals surface area contributed by atoms with Crippen molar-refractivity contribution in [1.82, 2.24) is 0 Å². The summed E-state index contributed by atoms with van der Waals surface area (Å²) < 4.78 is 0. The fourth-order valence-electron chi connectivity index (χ4n) is 2.94. The third-order valence-electron chi connectivity index (χ3n) is 4.49. The molecule has 0 bridgehead atoms. The van der Waals surface area contributed by atoms with Crippen LogP contribution in [-0.4, -0.2) is 0 Å². The molecular formula is C27H24. The van der Waals surface area contributed by atoms with Crippen molar-refractivity contribution < 1.29 is 0 Å². The highest BCUT2D eigenvalue weighted by molar-refractivity contribution is 5.64. The van der Waals surface area contributed by atoms with Crippen molar-refractivity contribution in [1.29, 1.82) is 0 Å². The minimum atomic E-state index is 0.797. The molecule has 0 radical (unpaired) electrons. The zero-order valence-electron chi connectivity index (χ0n) is 16.0. The highest BCUT2D eigenvalue weighted by Gasteiger charge is 1.98. The van der Waals surface area contributed by atoms with Crippen LogP contribution in [0.2, 0.25) is 0 Å². The first-order valence-electron chi connectivity index (χ1n) is 9.48. The molecule has 27 heavy (non-hydrogen) atoms. The van der Waals surface area contributed by atoms with Crippen molar-refractivity contribution in [3.63, 3.8) is 0 Å². The third kappa shape index (κ3) is 5.37. The highest BCUT2D eigenvalue weighted by atomic mass is 14.0. The summed E-state index contributed by atoms with van der Waals surface area (Å²) in [7, 11) is 0. The van der Waals surface area contributed by atoms with E-state index in [-0.39, 0.29) is 0 Å². The van der Waals surface area contributed by atoms with Crippen molar-refractivity contribution in [2.75, 3.05) is 0 Å². The van der Waals surface area contributed by atoms with E-state index in [1.807, 2.05) is 6.92 Å². The van der Waals surface area contributed by atoms with Crippen LogP contribution in [0.4, 0.5) is 0 Å². The van der Waals surface area contributed by atoms with E-state index in [4.69, 9.17) is 0 Å². The molecule has 0 heterocycles. The molecular weight excluding hydrogens is 324 g/mol. The summed E-state index contributed by atoms with van der Waals surface area (Å²) in [4.78, 5) is 0. The number of aryl methyl sites for hydroxylation is 1. The Labute approximate surface area is 163 Å². The van der Waals surface area contributed by atoms with Crippen LogP contribution in [0.25, 0.3) is 11.1 Å². The van der Waals surface area contributed by atoms with E-state index in [0.29, 0.717) is 0 Å². The molecule has 0 heteroatoms. The van der Waals surface area contributed by atoms with Gasteiger partial charge in [-0.3, -0.25) is 0 Å². The Balaban J connectivity index is 1.69. The van der Waals surface area contributed by atoms with Gasteiger partial charge in [0.2, 0.25) is 0 Å². The lowest BCUT2D eigenvalue weighted by molar-refractivity contribution is 0.922. The zero-order chi connectivity index (χ0) is 18.9. The monoisotopic (exact) mass is 348 g/mol. The van der Waals surface area contributed by atoms with Crippen LogP contribution in [0.15, 0.2) is 72.8 Å². The van der Waals surface area contributed by atoms with Crippen molar-refractivity contribution in [2.45, 2.75) is 33.1 Å². The van der Waals surface area contributed by atoms with Gasteiger partial charge in [0.1, 0.15) is 0 Å². The molecule has 0 unspecified atom stereocenters. The quantitative estimate of drug-likeness (QED) is 0.487. The number of hydrogen-bond donors (Lipinski definition) is 0. The summed E-state index contributed by atoms with van der Waals surface area (Å²) in [5.41, 5.74) is 7.16. The second-order valence-corrected chi connectivity index (χ2v) is 6.57. The van der Waals surface area contributed by atoms with Crippen LogP contribution in [0, 0.1) is 23.7 Å². The van der Waals surface area contributed by atoms with Gasteiger partial charge in [0.15, 0.2) is 0 Å². The minimum absolute atomic E-state index is 0.797. The molecule has 3 aromatic carbocycles. The van der Waals surface area contributed by atoms with E-state index in [9.17, 15) is 0 Å². The average molecular weight is 348 g/mol. The van der Waals surface area contributed by atoms with Crippen LogP contribution in [0.3, 0.4) is 0 Å². The fourth-order valence-corrected chi connectivity index (χ4v) is 2.94. The fraction of sp³-hybridized carbons (Fsp3) is 0.185. The van der Waals surface area contributed by atoms with Crippen LogP contribution in [-0.2, 0) is 12.8 Å². The molecule has 0 saturated heterocycles. The molecule has 0 atom stereocenters. The van der Waals surface area contributed by atoms with Gasteiger partial charge < -0.3 is 0 Å². The van der Waals surface area contributed by atoms with E-state index < -0.39 is 0 Å². The maximum atomic E-state index is 3.25. The van der Waals surface area contributed by atoms with Gasteiger partial charge in [-0.05, 0) is 59.9 Å². The normalized spacial score (nSPS) is 9.70. The van der Waals surface area contributed by atoms with E-state index in [1.54, 1.807) is 0 Å². The van der Waals surface area contributed by atoms with E-state index >= 15 is 0 Å². The van der Waals surface area contributed by atoms with E-state index in [0.717, 1.165) is 24.0 Å². The predicted octanol–water partition coefficient (Wildman–Crippen LogP) is 6.27. The molecule has 132 valence electrons. The van der Waals surface area contributed by atoms with Gasteiger partial charge in [-0.2, -0.15) is 0 Å². The predicted molar refractivity (Wildman–Crippen MR) is 115 cm³/mol. The van der Waals surface area contributed by atoms with Gasteiger partial charge in [0.25, 0.3) is 0 Å². The lowest BCUT2D eigenvalue weighted by Crippen LogP contribution is -1.84. The summed E-state index contributed by atoms with van der Waals surface area (Å²) >= 11 is 0. The first kappa shape index (κ1) is 18.6. The minimum Gasteiger partial charge on any atom is -0.106 e. The van der Waals surface area contributed by atoms with Gasteiger partial charge in [0, 0.05) is 17.5 Å². The maximum absolute atomic E-state index is 3.25. The van der Waals surface area contributed by atoms with Gasteiger partial charge in [-0.1, -0.05) is 79.6 Å². The Bertz CT molecular complexity index is 981. The lowest BCUT2D eigenvalue weighted by atomic mass is 10.0. The van der Waals surface area contributed by atoms with Crippen LogP contribution < -0.4 is 0 Å². The molecule has 0 aromatic heterocycles. The molecule has 0 aliphatic heterocycles. The van der Waals surface area contributed by atoms with Crippen LogP contribution >= 0.6 is 0 Å². The van der Waals surface area contributed by atoms with Gasteiger partial charge >= 0.3 is 0 Å². The molecule has 0 amide bonds. The number of benzene rings is 3. The highest BCUT2D eigenvalue weighted by Crippen LogP contribution is 2.20. The molecule has 0 fully saturated rings. The first-order valence-corrected chi connectivity index (χ1v) is 9.48. The van der Waals surface area contributed by atoms with Crippen molar-refractivity contribution in [2.24, 2.45) is 0 Å². The van der Waals surface area contributed by atoms with Gasteiger partial charge in [0.05, 0.1) is 0 Å². The van der Waals surface area contributed by atoms with Crippen LogP contribution in [0.1, 0.15) is 42.5 Å². The molecule has 0 nitrogen and oxygen atoms in total. The Morgan fingerprint density at radius 3 is 1.63 bits per heavy atom. The molecule has 0 aliphatic rings. The summed E-state index contributed by atoms with van der Waals surface area (Å²) in [6, 6.07) is 25.6. The SMILES string of the molecule is CC#CCc1ccc(C#Cc2ccc(-c3ccc(CCC)cc3)cc2)cc1. The molecule has 0 spiro atoms. The summed E-state index contributed by atoms with van der Waals surface area (Å²) in [6.07, 6.45) is 3.12. The van der Waals surface area contributed by atoms with Crippen molar-refractivity contribution >= 4 is 0 Å². The second kappa shape index (κ2) is 9.47. The molecule has 3 aromatic rings. The van der Waals surface area contributed by atoms with E-state index in [2.05, 4.69) is 103 Å². The largest absolute Gasteiger partial charge is 0.106 e. The standard InChI is InChI=1S/C27H24/c1-3-5-7-23-8-10-24(11-9-23)12-13-25-16-20-27(21-17-25)26-18-14-22(6-4-2)15-19-26/h8-11,14-21H,4,6-7H2,1-2H3. The number of rotatable bonds is 4. The van der Waals surface area contributed by atoms with Gasteiger partial charge in [-0.25, -0.2) is 0 Å². The van der Waals surface area contributed by atoms with Gasteiger partial charge in [-0.15, -0.1) is 5.92 Å². The Hall–Kier alpha value is -3.22. The lowest BCUT2D eigenvalue weighted by Gasteiger charge is -2.04. The van der Waals surface area contributed by atoms with E-state index in [1.165, 1.54) is 28.7 Å². The Kier molecular flexibility index (Phi) is 6.51. The second-order valence-electron chi connectivity index (χ2n) is 6.57. The topological polar surface area (TPSA) is 0 Å². The Morgan fingerprint density at radius 1 is 0.630 bits per heavy atom. The molecule has 0 aliphatic carbocycles. The smallest absolute Gasteiger partial charge is 0.0340 e. The zero-order valence-corrected chi connectivity index (χ0v) is 16.0. The molecule has 0 N–H and O–H groups in total.